The van der Waals surface area contributed by atoms with Gasteiger partial charge < -0.3 is 15.2 Å². The van der Waals surface area contributed by atoms with Gasteiger partial charge >= 0.3 is 0 Å². The Labute approximate surface area is 165 Å². The lowest BCUT2D eigenvalue weighted by Crippen LogP contribution is -2.38. The average molecular weight is 379 g/mol. The monoisotopic (exact) mass is 379 g/mol. The van der Waals surface area contributed by atoms with Gasteiger partial charge in [-0.1, -0.05) is 42.5 Å². The highest BCUT2D eigenvalue weighted by atomic mass is 19.1. The Morgan fingerprint density at radius 2 is 1.96 bits per heavy atom. The summed E-state index contributed by atoms with van der Waals surface area (Å²) in [5, 5.41) is 6.51. The maximum absolute atomic E-state index is 13.7. The summed E-state index contributed by atoms with van der Waals surface area (Å²) in [6.07, 6.45) is 6.16. The number of imidazole rings is 1. The van der Waals surface area contributed by atoms with Gasteiger partial charge in [0.25, 0.3) is 0 Å². The molecule has 0 aliphatic heterocycles. The lowest BCUT2D eigenvalue weighted by Gasteiger charge is -2.12. The van der Waals surface area contributed by atoms with Crippen molar-refractivity contribution in [1.29, 1.82) is 0 Å². The molecular weight excluding hydrogens is 353 g/mol. The van der Waals surface area contributed by atoms with Gasteiger partial charge in [0, 0.05) is 32.0 Å². The normalized spacial score (nSPS) is 11.4. The van der Waals surface area contributed by atoms with Crippen molar-refractivity contribution in [3.63, 3.8) is 0 Å². The Morgan fingerprint density at radius 3 is 2.75 bits per heavy atom. The molecule has 6 heteroatoms. The first-order valence-electron chi connectivity index (χ1n) is 9.53. The molecule has 0 amide bonds. The number of halogens is 1. The fourth-order valence-corrected chi connectivity index (χ4v) is 2.95. The van der Waals surface area contributed by atoms with Gasteiger partial charge in [0.05, 0.1) is 12.9 Å². The number of nitrogens with one attached hydrogen (secondary N) is 2. The molecule has 5 nitrogen and oxygen atoms in total. The van der Waals surface area contributed by atoms with E-state index in [1.807, 2.05) is 36.1 Å². The molecule has 0 saturated carbocycles. The fourth-order valence-electron chi connectivity index (χ4n) is 2.95. The Morgan fingerprint density at radius 1 is 1.11 bits per heavy atom. The van der Waals surface area contributed by atoms with Gasteiger partial charge in [-0.15, -0.1) is 0 Å². The van der Waals surface area contributed by atoms with Crippen molar-refractivity contribution in [3.8, 4) is 0 Å². The SMILES string of the molecule is CCNC(=NCc1cccc(Cn2ccnc2)c1)NCCc1ccccc1F. The van der Waals surface area contributed by atoms with Crippen LogP contribution in [-0.2, 0) is 19.5 Å². The highest BCUT2D eigenvalue weighted by Crippen LogP contribution is 2.09. The van der Waals surface area contributed by atoms with Crippen molar-refractivity contribution in [2.45, 2.75) is 26.4 Å². The number of hydrogen-bond acceptors (Lipinski definition) is 2. The summed E-state index contributed by atoms with van der Waals surface area (Å²) in [4.78, 5) is 8.73. The molecule has 1 aromatic heterocycles. The molecule has 3 rings (SSSR count). The molecule has 0 fully saturated rings. The lowest BCUT2D eigenvalue weighted by atomic mass is 10.1. The summed E-state index contributed by atoms with van der Waals surface area (Å²) >= 11 is 0. The van der Waals surface area contributed by atoms with Crippen LogP contribution in [0.1, 0.15) is 23.6 Å². The summed E-state index contributed by atoms with van der Waals surface area (Å²) in [5.74, 6) is 0.569. The van der Waals surface area contributed by atoms with E-state index in [0.29, 0.717) is 25.1 Å². The van der Waals surface area contributed by atoms with E-state index in [0.717, 1.165) is 24.6 Å². The molecule has 0 bridgehead atoms. The number of hydrogen-bond donors (Lipinski definition) is 2. The van der Waals surface area contributed by atoms with E-state index in [-0.39, 0.29) is 5.82 Å². The summed E-state index contributed by atoms with van der Waals surface area (Å²) in [6, 6.07) is 15.3. The van der Waals surface area contributed by atoms with Crippen LogP contribution in [0.15, 0.2) is 72.2 Å². The second kappa shape index (κ2) is 10.3. The predicted molar refractivity (Wildman–Crippen MR) is 111 cm³/mol. The minimum Gasteiger partial charge on any atom is -0.357 e. The minimum absolute atomic E-state index is 0.166. The zero-order valence-electron chi connectivity index (χ0n) is 16.1. The Kier molecular flexibility index (Phi) is 7.18. The van der Waals surface area contributed by atoms with E-state index in [9.17, 15) is 4.39 Å². The van der Waals surface area contributed by atoms with Crippen molar-refractivity contribution < 1.29 is 4.39 Å². The van der Waals surface area contributed by atoms with Crippen molar-refractivity contribution in [2.24, 2.45) is 4.99 Å². The molecule has 146 valence electrons. The van der Waals surface area contributed by atoms with E-state index in [1.165, 1.54) is 11.6 Å². The maximum atomic E-state index is 13.7. The van der Waals surface area contributed by atoms with E-state index >= 15 is 0 Å². The van der Waals surface area contributed by atoms with Gasteiger partial charge in [-0.25, -0.2) is 14.4 Å². The molecule has 0 saturated heterocycles. The third-order valence-electron chi connectivity index (χ3n) is 4.32. The lowest BCUT2D eigenvalue weighted by molar-refractivity contribution is 0.606. The third kappa shape index (κ3) is 5.94. The molecule has 2 N–H and O–H groups in total. The van der Waals surface area contributed by atoms with Crippen LogP contribution in [0, 0.1) is 5.82 Å². The van der Waals surface area contributed by atoms with Crippen LogP contribution in [0.3, 0.4) is 0 Å². The van der Waals surface area contributed by atoms with Gasteiger partial charge in [-0.2, -0.15) is 0 Å². The van der Waals surface area contributed by atoms with Gasteiger partial charge in [0.1, 0.15) is 5.82 Å². The summed E-state index contributed by atoms with van der Waals surface area (Å²) in [7, 11) is 0. The highest BCUT2D eigenvalue weighted by Gasteiger charge is 2.03. The van der Waals surface area contributed by atoms with Gasteiger partial charge in [0.2, 0.25) is 0 Å². The zero-order chi connectivity index (χ0) is 19.6. The number of nitrogens with zero attached hydrogens (tertiary/aromatic N) is 3. The second-order valence-corrected chi connectivity index (χ2v) is 6.52. The van der Waals surface area contributed by atoms with Crippen LogP contribution in [-0.4, -0.2) is 28.6 Å². The fraction of sp³-hybridized carbons (Fsp3) is 0.273. The third-order valence-corrected chi connectivity index (χ3v) is 4.32. The van der Waals surface area contributed by atoms with Crippen LogP contribution in [0.5, 0.6) is 0 Å². The van der Waals surface area contributed by atoms with E-state index in [4.69, 9.17) is 0 Å². The predicted octanol–water partition coefficient (Wildman–Crippen LogP) is 3.37. The molecule has 3 aromatic rings. The molecule has 0 aliphatic rings. The molecule has 0 radical (unpaired) electrons. The number of aliphatic imine (C=N–C) groups is 1. The molecule has 2 aromatic carbocycles. The molecule has 0 unspecified atom stereocenters. The largest absolute Gasteiger partial charge is 0.357 e. The van der Waals surface area contributed by atoms with Crippen LogP contribution in [0.25, 0.3) is 0 Å². The summed E-state index contributed by atoms with van der Waals surface area (Å²) < 4.78 is 15.8. The first-order valence-corrected chi connectivity index (χ1v) is 9.53. The van der Waals surface area contributed by atoms with Crippen LogP contribution in [0.2, 0.25) is 0 Å². The molecular formula is C22H26FN5. The number of guanidine groups is 1. The molecule has 1 heterocycles. The van der Waals surface area contributed by atoms with E-state index < -0.39 is 0 Å². The zero-order valence-corrected chi connectivity index (χ0v) is 16.1. The standard InChI is InChI=1S/C22H26FN5/c1-2-25-22(26-11-10-20-8-3-4-9-21(20)23)27-15-18-6-5-7-19(14-18)16-28-13-12-24-17-28/h3-9,12-14,17H,2,10-11,15-16H2,1H3,(H2,25,26,27). The summed E-state index contributed by atoms with van der Waals surface area (Å²) in [6.45, 7) is 4.78. The molecule has 0 aliphatic carbocycles. The van der Waals surface area contributed by atoms with Gasteiger partial charge in [-0.05, 0) is 36.1 Å². The Balaban J connectivity index is 1.57. The maximum Gasteiger partial charge on any atom is 0.191 e. The highest BCUT2D eigenvalue weighted by molar-refractivity contribution is 5.79. The first-order chi connectivity index (χ1) is 13.7. The number of benzene rings is 2. The minimum atomic E-state index is -0.166. The van der Waals surface area contributed by atoms with Crippen LogP contribution < -0.4 is 10.6 Å². The van der Waals surface area contributed by atoms with E-state index in [2.05, 4.69) is 44.9 Å². The molecule has 0 spiro atoms. The van der Waals surface area contributed by atoms with Crippen LogP contribution in [0.4, 0.5) is 4.39 Å². The van der Waals surface area contributed by atoms with Crippen molar-refractivity contribution in [1.82, 2.24) is 20.2 Å². The molecule has 28 heavy (non-hydrogen) atoms. The van der Waals surface area contributed by atoms with Crippen molar-refractivity contribution >= 4 is 5.96 Å². The Bertz CT molecular complexity index is 889. The first kappa shape index (κ1) is 19.6. The van der Waals surface area contributed by atoms with Crippen molar-refractivity contribution in [3.05, 3.63) is 89.8 Å². The Hall–Kier alpha value is -3.15. The topological polar surface area (TPSA) is 54.2 Å². The number of aromatic nitrogens is 2. The number of rotatable bonds is 8. The molecule has 0 atom stereocenters. The summed E-state index contributed by atoms with van der Waals surface area (Å²) in [5.41, 5.74) is 3.06. The van der Waals surface area contributed by atoms with Crippen LogP contribution >= 0.6 is 0 Å². The smallest absolute Gasteiger partial charge is 0.191 e. The quantitative estimate of drug-likeness (QED) is 0.466. The van der Waals surface area contributed by atoms with E-state index in [1.54, 1.807) is 12.3 Å². The van der Waals surface area contributed by atoms with Gasteiger partial charge in [0.15, 0.2) is 5.96 Å². The second-order valence-electron chi connectivity index (χ2n) is 6.52. The average Bonchev–Trinajstić information content (AvgIpc) is 3.21. The van der Waals surface area contributed by atoms with Crippen molar-refractivity contribution in [2.75, 3.05) is 13.1 Å². The van der Waals surface area contributed by atoms with Gasteiger partial charge in [-0.3, -0.25) is 0 Å².